The summed E-state index contributed by atoms with van der Waals surface area (Å²) in [7, 11) is -0.894. The third-order valence-corrected chi connectivity index (χ3v) is 4.61. The van der Waals surface area contributed by atoms with E-state index in [-0.39, 0.29) is 0 Å². The number of nitrogens with one attached hydrogen (secondary N) is 1. The number of sulfone groups is 1. The molecule has 0 radical (unpaired) electrons. The lowest BCUT2D eigenvalue weighted by atomic mass is 9.93. The highest BCUT2D eigenvalue weighted by molar-refractivity contribution is 7.91. The average Bonchev–Trinajstić information content (AvgIpc) is 2.11. The molecule has 0 aliphatic carbocycles. The molecular weight excluding hydrogens is 210 g/mol. The van der Waals surface area contributed by atoms with E-state index in [0.29, 0.717) is 23.3 Å². The molecule has 0 amide bonds. The summed E-state index contributed by atoms with van der Waals surface area (Å²) in [6, 6.07) is 0. The molecule has 0 aliphatic rings. The Balaban J connectivity index is 4.09. The van der Waals surface area contributed by atoms with Gasteiger partial charge in [0, 0.05) is 5.75 Å². The molecule has 0 saturated heterocycles. The van der Waals surface area contributed by atoms with Gasteiger partial charge in [0.1, 0.15) is 9.84 Å². The third-order valence-electron chi connectivity index (χ3n) is 2.72. The summed E-state index contributed by atoms with van der Waals surface area (Å²) < 4.78 is 23.1. The summed E-state index contributed by atoms with van der Waals surface area (Å²) in [5, 5.41) is 3.12. The molecule has 1 N–H and O–H groups in total. The zero-order valence-corrected chi connectivity index (χ0v) is 11.2. The lowest BCUT2D eigenvalue weighted by Crippen LogP contribution is -2.26. The van der Waals surface area contributed by atoms with E-state index in [2.05, 4.69) is 19.2 Å². The summed E-state index contributed by atoms with van der Waals surface area (Å²) >= 11 is 0. The second-order valence-electron chi connectivity index (χ2n) is 4.50. The van der Waals surface area contributed by atoms with Crippen LogP contribution in [0.1, 0.15) is 33.6 Å². The Labute approximate surface area is 94.6 Å². The lowest BCUT2D eigenvalue weighted by Gasteiger charge is -2.20. The Morgan fingerprint density at radius 2 is 1.80 bits per heavy atom. The maximum Gasteiger partial charge on any atom is 0.150 e. The molecule has 0 spiro atoms. The van der Waals surface area contributed by atoms with Crippen molar-refractivity contribution in [2.75, 3.05) is 25.1 Å². The Bertz CT molecular complexity index is 247. The Kier molecular flexibility index (Phi) is 7.18. The van der Waals surface area contributed by atoms with Gasteiger partial charge in [-0.2, -0.15) is 0 Å². The molecule has 0 fully saturated rings. The van der Waals surface area contributed by atoms with Gasteiger partial charge in [0.05, 0.1) is 5.75 Å². The summed E-state index contributed by atoms with van der Waals surface area (Å²) in [4.78, 5) is 0. The molecule has 0 aromatic rings. The van der Waals surface area contributed by atoms with Gasteiger partial charge >= 0.3 is 0 Å². The SMILES string of the molecule is CCCS(=O)(=O)CCC(CNC)C(C)C. The van der Waals surface area contributed by atoms with Gasteiger partial charge in [-0.3, -0.25) is 0 Å². The number of hydrogen-bond donors (Lipinski definition) is 1. The van der Waals surface area contributed by atoms with E-state index >= 15 is 0 Å². The van der Waals surface area contributed by atoms with Gasteiger partial charge in [0.25, 0.3) is 0 Å². The fourth-order valence-corrected chi connectivity index (χ4v) is 3.17. The minimum atomic E-state index is -2.81. The van der Waals surface area contributed by atoms with E-state index in [1.165, 1.54) is 0 Å². The highest BCUT2D eigenvalue weighted by Crippen LogP contribution is 2.15. The topological polar surface area (TPSA) is 46.2 Å². The standard InChI is InChI=1S/C11H25NO2S/c1-5-7-15(13,14)8-6-11(9-12-4)10(2)3/h10-12H,5-9H2,1-4H3. The first kappa shape index (κ1) is 14.9. The predicted octanol–water partition coefficient (Wildman–Crippen LogP) is 1.69. The van der Waals surface area contributed by atoms with Crippen LogP contribution in [0.15, 0.2) is 0 Å². The van der Waals surface area contributed by atoms with Crippen LogP contribution in [-0.2, 0) is 9.84 Å². The Hall–Kier alpha value is -0.0900. The molecule has 0 rings (SSSR count). The molecular formula is C11H25NO2S. The van der Waals surface area contributed by atoms with E-state index in [0.717, 1.165) is 19.4 Å². The fraction of sp³-hybridized carbons (Fsp3) is 1.00. The summed E-state index contributed by atoms with van der Waals surface area (Å²) in [5.41, 5.74) is 0. The quantitative estimate of drug-likeness (QED) is 0.696. The first-order valence-corrected chi connectivity index (χ1v) is 7.60. The molecule has 0 aliphatic heterocycles. The van der Waals surface area contributed by atoms with Crippen LogP contribution in [0.4, 0.5) is 0 Å². The van der Waals surface area contributed by atoms with Crippen molar-refractivity contribution < 1.29 is 8.42 Å². The second kappa shape index (κ2) is 7.23. The van der Waals surface area contributed by atoms with Crippen molar-refractivity contribution in [2.24, 2.45) is 11.8 Å². The van der Waals surface area contributed by atoms with Gasteiger partial charge in [-0.15, -0.1) is 0 Å². The van der Waals surface area contributed by atoms with E-state index in [9.17, 15) is 8.42 Å². The van der Waals surface area contributed by atoms with Crippen molar-refractivity contribution >= 4 is 9.84 Å². The highest BCUT2D eigenvalue weighted by Gasteiger charge is 2.17. The minimum absolute atomic E-state index is 0.331. The molecule has 1 atom stereocenters. The zero-order valence-electron chi connectivity index (χ0n) is 10.4. The van der Waals surface area contributed by atoms with Crippen molar-refractivity contribution in [3.05, 3.63) is 0 Å². The Morgan fingerprint density at radius 3 is 2.20 bits per heavy atom. The fourth-order valence-electron chi connectivity index (χ4n) is 1.68. The Morgan fingerprint density at radius 1 is 1.20 bits per heavy atom. The summed E-state index contributed by atoms with van der Waals surface area (Å²) in [6.07, 6.45) is 1.50. The molecule has 0 aromatic heterocycles. The normalized spacial score (nSPS) is 14.5. The van der Waals surface area contributed by atoms with Crippen molar-refractivity contribution in [1.29, 1.82) is 0 Å². The highest BCUT2D eigenvalue weighted by atomic mass is 32.2. The van der Waals surface area contributed by atoms with E-state index < -0.39 is 9.84 Å². The molecule has 3 nitrogen and oxygen atoms in total. The monoisotopic (exact) mass is 235 g/mol. The number of rotatable bonds is 8. The molecule has 0 bridgehead atoms. The van der Waals surface area contributed by atoms with Crippen LogP contribution < -0.4 is 5.32 Å². The van der Waals surface area contributed by atoms with Crippen molar-refractivity contribution in [3.8, 4) is 0 Å². The first-order valence-electron chi connectivity index (χ1n) is 5.78. The van der Waals surface area contributed by atoms with Crippen LogP contribution in [0.2, 0.25) is 0 Å². The molecule has 15 heavy (non-hydrogen) atoms. The lowest BCUT2D eigenvalue weighted by molar-refractivity contribution is 0.362. The average molecular weight is 235 g/mol. The van der Waals surface area contributed by atoms with Gasteiger partial charge in [-0.1, -0.05) is 20.8 Å². The van der Waals surface area contributed by atoms with Crippen molar-refractivity contribution in [2.45, 2.75) is 33.6 Å². The van der Waals surface area contributed by atoms with Crippen LogP contribution in [0.3, 0.4) is 0 Å². The molecule has 0 saturated carbocycles. The van der Waals surface area contributed by atoms with Gasteiger partial charge in [0.2, 0.25) is 0 Å². The van der Waals surface area contributed by atoms with Crippen LogP contribution in [0, 0.1) is 11.8 Å². The van der Waals surface area contributed by atoms with Crippen LogP contribution in [-0.4, -0.2) is 33.5 Å². The van der Waals surface area contributed by atoms with Crippen molar-refractivity contribution in [1.82, 2.24) is 5.32 Å². The largest absolute Gasteiger partial charge is 0.319 e. The minimum Gasteiger partial charge on any atom is -0.319 e. The summed E-state index contributed by atoms with van der Waals surface area (Å²) in [6.45, 7) is 7.10. The van der Waals surface area contributed by atoms with E-state index in [1.54, 1.807) is 0 Å². The van der Waals surface area contributed by atoms with Gasteiger partial charge in [-0.05, 0) is 38.3 Å². The van der Waals surface area contributed by atoms with Crippen molar-refractivity contribution in [3.63, 3.8) is 0 Å². The first-order chi connectivity index (χ1) is 6.93. The van der Waals surface area contributed by atoms with E-state index in [1.807, 2.05) is 14.0 Å². The number of hydrogen-bond acceptors (Lipinski definition) is 3. The zero-order chi connectivity index (χ0) is 11.9. The van der Waals surface area contributed by atoms with Gasteiger partial charge in [-0.25, -0.2) is 8.42 Å². The molecule has 1 unspecified atom stereocenters. The predicted molar refractivity (Wildman–Crippen MR) is 65.8 cm³/mol. The smallest absolute Gasteiger partial charge is 0.150 e. The van der Waals surface area contributed by atoms with Crippen LogP contribution in [0.5, 0.6) is 0 Å². The molecule has 0 heterocycles. The van der Waals surface area contributed by atoms with E-state index in [4.69, 9.17) is 0 Å². The maximum absolute atomic E-state index is 11.5. The van der Waals surface area contributed by atoms with Crippen LogP contribution >= 0.6 is 0 Å². The van der Waals surface area contributed by atoms with Gasteiger partial charge in [0.15, 0.2) is 0 Å². The van der Waals surface area contributed by atoms with Crippen LogP contribution in [0.25, 0.3) is 0 Å². The third kappa shape index (κ3) is 6.90. The molecule has 0 aromatic carbocycles. The molecule has 4 heteroatoms. The maximum atomic E-state index is 11.5. The second-order valence-corrected chi connectivity index (χ2v) is 6.81. The van der Waals surface area contributed by atoms with Gasteiger partial charge < -0.3 is 5.32 Å². The molecule has 92 valence electrons. The summed E-state index contributed by atoms with van der Waals surface area (Å²) in [5.74, 6) is 1.67.